The van der Waals surface area contributed by atoms with Gasteiger partial charge in [0.05, 0.1) is 13.1 Å². The van der Waals surface area contributed by atoms with Crippen molar-refractivity contribution in [1.82, 2.24) is 0 Å². The zero-order chi connectivity index (χ0) is 13.7. The third kappa shape index (κ3) is 4.35. The summed E-state index contributed by atoms with van der Waals surface area (Å²) in [6.45, 7) is 8.28. The highest BCUT2D eigenvalue weighted by molar-refractivity contribution is 5.94. The Bertz CT molecular complexity index is 413. The number of rotatable bonds is 5. The first-order valence-electron chi connectivity index (χ1n) is 7.22. The summed E-state index contributed by atoms with van der Waals surface area (Å²) in [7, 11) is 0. The fourth-order valence-electron chi connectivity index (χ4n) is 2.72. The average Bonchev–Trinajstić information content (AvgIpc) is 2.39. The number of carbonyl (C=O) groups excluding carboxylic acids is 1. The molecule has 1 unspecified atom stereocenters. The summed E-state index contributed by atoms with van der Waals surface area (Å²) in [5.74, 6) is 1.80. The second kappa shape index (κ2) is 6.71. The zero-order valence-corrected chi connectivity index (χ0v) is 11.9. The van der Waals surface area contributed by atoms with Gasteiger partial charge < -0.3 is 9.64 Å². The van der Waals surface area contributed by atoms with E-state index in [1.165, 1.54) is 25.9 Å². The van der Waals surface area contributed by atoms with Crippen molar-refractivity contribution in [2.75, 3.05) is 26.2 Å². The van der Waals surface area contributed by atoms with Crippen molar-refractivity contribution in [3.05, 3.63) is 29.8 Å². The molecule has 0 aliphatic carbocycles. The molecule has 0 saturated carbocycles. The van der Waals surface area contributed by atoms with Crippen molar-refractivity contribution in [1.29, 1.82) is 0 Å². The summed E-state index contributed by atoms with van der Waals surface area (Å²) in [6, 6.07) is 7.41. The Kier molecular flexibility index (Phi) is 4.97. The van der Waals surface area contributed by atoms with Crippen LogP contribution in [0.3, 0.4) is 0 Å². The zero-order valence-electron chi connectivity index (χ0n) is 11.9. The highest BCUT2D eigenvalue weighted by Gasteiger charge is 2.19. The third-order valence-electron chi connectivity index (χ3n) is 3.85. The van der Waals surface area contributed by atoms with E-state index in [2.05, 4.69) is 6.92 Å². The molecule has 1 aromatic carbocycles. The smallest absolute Gasteiger partial charge is 0.159 e. The minimum atomic E-state index is 0.0956. The lowest BCUT2D eigenvalue weighted by atomic mass is 10.0. The molecule has 1 aliphatic rings. The van der Waals surface area contributed by atoms with Crippen LogP contribution in [0.15, 0.2) is 24.3 Å². The van der Waals surface area contributed by atoms with Crippen molar-refractivity contribution < 1.29 is 14.4 Å². The van der Waals surface area contributed by atoms with Crippen LogP contribution < -0.4 is 9.64 Å². The molecule has 2 atom stereocenters. The Morgan fingerprint density at radius 3 is 2.74 bits per heavy atom. The van der Waals surface area contributed by atoms with E-state index in [4.69, 9.17) is 4.74 Å². The van der Waals surface area contributed by atoms with E-state index < -0.39 is 0 Å². The maximum absolute atomic E-state index is 11.2. The molecular formula is C16H24NO2+. The van der Waals surface area contributed by atoms with Gasteiger partial charge in [-0.1, -0.05) is 6.92 Å². The molecule has 0 aromatic heterocycles. The predicted molar refractivity (Wildman–Crippen MR) is 75.9 cm³/mol. The van der Waals surface area contributed by atoms with E-state index in [1.807, 2.05) is 24.3 Å². The van der Waals surface area contributed by atoms with Gasteiger partial charge in [-0.3, -0.25) is 4.79 Å². The Morgan fingerprint density at radius 1 is 1.37 bits per heavy atom. The van der Waals surface area contributed by atoms with Gasteiger partial charge in [-0.2, -0.15) is 0 Å². The number of quaternary nitrogens is 1. The first-order chi connectivity index (χ1) is 9.15. The van der Waals surface area contributed by atoms with E-state index >= 15 is 0 Å². The van der Waals surface area contributed by atoms with Gasteiger partial charge in [0, 0.05) is 11.5 Å². The largest absolute Gasteiger partial charge is 0.488 e. The van der Waals surface area contributed by atoms with Gasteiger partial charge >= 0.3 is 0 Å². The van der Waals surface area contributed by atoms with Crippen LogP contribution in [0, 0.1) is 5.92 Å². The van der Waals surface area contributed by atoms with Gasteiger partial charge in [-0.25, -0.2) is 0 Å². The normalized spacial score (nSPS) is 23.1. The molecule has 1 heterocycles. The minimum Gasteiger partial charge on any atom is -0.488 e. The second-order valence-electron chi connectivity index (χ2n) is 5.63. The maximum Gasteiger partial charge on any atom is 0.159 e. The maximum atomic E-state index is 11.2. The fourth-order valence-corrected chi connectivity index (χ4v) is 2.72. The van der Waals surface area contributed by atoms with E-state index in [0.717, 1.165) is 30.4 Å². The molecule has 1 fully saturated rings. The van der Waals surface area contributed by atoms with Crippen LogP contribution in [0.4, 0.5) is 0 Å². The van der Waals surface area contributed by atoms with Gasteiger partial charge in [0.1, 0.15) is 18.9 Å². The number of benzene rings is 1. The number of ether oxygens (including phenoxy) is 1. The number of Topliss-reactive ketones (excluding diaryl/α,β-unsaturated/α-hetero) is 1. The van der Waals surface area contributed by atoms with Crippen LogP contribution in [-0.4, -0.2) is 32.0 Å². The van der Waals surface area contributed by atoms with Gasteiger partial charge in [0.25, 0.3) is 0 Å². The number of ketones is 1. The third-order valence-corrected chi connectivity index (χ3v) is 3.85. The fraction of sp³-hybridized carbons (Fsp3) is 0.562. The summed E-state index contributed by atoms with van der Waals surface area (Å²) >= 11 is 0. The number of hydrogen-bond donors (Lipinski definition) is 1. The first-order valence-corrected chi connectivity index (χ1v) is 7.22. The van der Waals surface area contributed by atoms with Crippen LogP contribution in [0.1, 0.15) is 37.0 Å². The Hall–Kier alpha value is -1.35. The van der Waals surface area contributed by atoms with Crippen LogP contribution in [0.2, 0.25) is 0 Å². The molecule has 2 rings (SSSR count). The number of hydrogen-bond acceptors (Lipinski definition) is 2. The molecule has 3 heteroatoms. The van der Waals surface area contributed by atoms with Crippen LogP contribution in [-0.2, 0) is 0 Å². The molecule has 19 heavy (non-hydrogen) atoms. The van der Waals surface area contributed by atoms with Gasteiger partial charge in [0.2, 0.25) is 0 Å². The molecule has 0 radical (unpaired) electrons. The quantitative estimate of drug-likeness (QED) is 0.817. The molecule has 1 saturated heterocycles. The molecule has 1 N–H and O–H groups in total. The van der Waals surface area contributed by atoms with E-state index in [9.17, 15) is 4.79 Å². The van der Waals surface area contributed by atoms with Crippen LogP contribution in [0.25, 0.3) is 0 Å². The summed E-state index contributed by atoms with van der Waals surface area (Å²) in [4.78, 5) is 12.8. The van der Waals surface area contributed by atoms with Crippen molar-refractivity contribution >= 4 is 5.78 Å². The predicted octanol–water partition coefficient (Wildman–Crippen LogP) is 1.58. The molecule has 0 amide bonds. The minimum absolute atomic E-state index is 0.0956. The van der Waals surface area contributed by atoms with Crippen molar-refractivity contribution in [2.24, 2.45) is 5.92 Å². The topological polar surface area (TPSA) is 30.7 Å². The second-order valence-corrected chi connectivity index (χ2v) is 5.63. The summed E-state index contributed by atoms with van der Waals surface area (Å²) in [5.41, 5.74) is 0.739. The molecular weight excluding hydrogens is 238 g/mol. The van der Waals surface area contributed by atoms with Gasteiger partial charge in [0.15, 0.2) is 5.78 Å². The molecule has 1 aromatic rings. The van der Waals surface area contributed by atoms with E-state index in [-0.39, 0.29) is 5.78 Å². The average molecular weight is 262 g/mol. The Balaban J connectivity index is 1.74. The van der Waals surface area contributed by atoms with Crippen molar-refractivity contribution in [3.8, 4) is 5.75 Å². The van der Waals surface area contributed by atoms with Crippen LogP contribution >= 0.6 is 0 Å². The van der Waals surface area contributed by atoms with Crippen LogP contribution in [0.5, 0.6) is 5.75 Å². The number of carbonyl (C=O) groups is 1. The van der Waals surface area contributed by atoms with Gasteiger partial charge in [-0.05, 0) is 44.0 Å². The van der Waals surface area contributed by atoms with E-state index in [0.29, 0.717) is 0 Å². The highest BCUT2D eigenvalue weighted by atomic mass is 16.5. The molecule has 0 spiro atoms. The summed E-state index contributed by atoms with van der Waals surface area (Å²) < 4.78 is 5.75. The number of piperidine rings is 1. The molecule has 104 valence electrons. The Labute approximate surface area is 115 Å². The molecule has 3 nitrogen and oxygen atoms in total. The lowest BCUT2D eigenvalue weighted by Crippen LogP contribution is -3.14. The van der Waals surface area contributed by atoms with E-state index in [1.54, 1.807) is 11.8 Å². The number of likely N-dealkylation sites (tertiary alicyclic amines) is 1. The summed E-state index contributed by atoms with van der Waals surface area (Å²) in [5, 5.41) is 0. The standard InChI is InChI=1S/C16H23NO2/c1-13-4-3-9-17(12-13)10-11-19-16-7-5-15(6-8-16)14(2)18/h5-8,13H,3-4,9-12H2,1-2H3/p+1/t13-/m1/s1. The highest BCUT2D eigenvalue weighted by Crippen LogP contribution is 2.12. The molecule has 1 aliphatic heterocycles. The monoisotopic (exact) mass is 262 g/mol. The SMILES string of the molecule is CC(=O)c1ccc(OCC[NH+]2CCC[C@@H](C)C2)cc1. The van der Waals surface area contributed by atoms with Crippen molar-refractivity contribution in [3.63, 3.8) is 0 Å². The summed E-state index contributed by atoms with van der Waals surface area (Å²) in [6.07, 6.45) is 2.71. The van der Waals surface area contributed by atoms with Crippen molar-refractivity contribution in [2.45, 2.75) is 26.7 Å². The Morgan fingerprint density at radius 2 is 2.11 bits per heavy atom. The first kappa shape index (κ1) is 14.1. The number of nitrogens with one attached hydrogen (secondary N) is 1. The molecule has 0 bridgehead atoms. The lowest BCUT2D eigenvalue weighted by Gasteiger charge is -2.27. The lowest BCUT2D eigenvalue weighted by molar-refractivity contribution is -0.908. The van der Waals surface area contributed by atoms with Gasteiger partial charge in [-0.15, -0.1) is 0 Å².